The van der Waals surface area contributed by atoms with E-state index in [9.17, 15) is 4.79 Å². The Morgan fingerprint density at radius 2 is 1.88 bits per heavy atom. The van der Waals surface area contributed by atoms with E-state index in [1.54, 1.807) is 0 Å². The molecule has 1 amide bonds. The lowest BCUT2D eigenvalue weighted by atomic mass is 10.2. The van der Waals surface area contributed by atoms with Crippen LogP contribution >= 0.6 is 0 Å². The zero-order valence-corrected chi connectivity index (χ0v) is 13.6. The molecule has 0 saturated carbocycles. The molecule has 2 saturated heterocycles. The summed E-state index contributed by atoms with van der Waals surface area (Å²) in [7, 11) is 0. The average Bonchev–Trinajstić information content (AvgIpc) is 2.68. The molecule has 6 heteroatoms. The number of benzene rings is 1. The molecule has 2 fully saturated rings. The van der Waals surface area contributed by atoms with Crippen LogP contribution in [0.2, 0.25) is 0 Å². The van der Waals surface area contributed by atoms with Crippen molar-refractivity contribution in [3.63, 3.8) is 0 Å². The van der Waals surface area contributed by atoms with Gasteiger partial charge in [0.2, 0.25) is 0 Å². The lowest BCUT2D eigenvalue weighted by Gasteiger charge is -2.36. The van der Waals surface area contributed by atoms with Gasteiger partial charge in [-0.05, 0) is 18.2 Å². The Morgan fingerprint density at radius 3 is 2.75 bits per heavy atom. The molecule has 126 valence electrons. The van der Waals surface area contributed by atoms with Crippen LogP contribution in [0.25, 0.3) is 10.9 Å². The highest BCUT2D eigenvalue weighted by Crippen LogP contribution is 2.20. The summed E-state index contributed by atoms with van der Waals surface area (Å²) in [6, 6.07) is 12.2. The number of carbonyl (C=O) groups is 1. The molecule has 0 bridgehead atoms. The van der Waals surface area contributed by atoms with Gasteiger partial charge in [0.1, 0.15) is 5.82 Å². The molecule has 3 heterocycles. The van der Waals surface area contributed by atoms with Gasteiger partial charge in [0.15, 0.2) is 6.10 Å². The summed E-state index contributed by atoms with van der Waals surface area (Å²) in [5.41, 5.74) is 0.970. The number of hydrogen-bond donors (Lipinski definition) is 0. The smallest absolute Gasteiger partial charge is 0.253 e. The van der Waals surface area contributed by atoms with Gasteiger partial charge in [-0.25, -0.2) is 4.98 Å². The Balaban J connectivity index is 1.50. The van der Waals surface area contributed by atoms with Crippen LogP contribution in [-0.2, 0) is 14.3 Å². The quantitative estimate of drug-likeness (QED) is 0.832. The summed E-state index contributed by atoms with van der Waals surface area (Å²) in [6.45, 7) is 4.33. The second kappa shape index (κ2) is 6.75. The van der Waals surface area contributed by atoms with E-state index in [1.165, 1.54) is 0 Å². The highest BCUT2D eigenvalue weighted by Gasteiger charge is 2.31. The topological polar surface area (TPSA) is 54.9 Å². The number of anilines is 1. The van der Waals surface area contributed by atoms with Crippen molar-refractivity contribution in [3.8, 4) is 0 Å². The number of para-hydroxylation sites is 1. The molecule has 2 aromatic rings. The lowest BCUT2D eigenvalue weighted by molar-refractivity contribution is -0.148. The first-order valence-electron chi connectivity index (χ1n) is 8.40. The maximum absolute atomic E-state index is 12.6. The number of aromatic nitrogens is 1. The highest BCUT2D eigenvalue weighted by atomic mass is 16.5. The van der Waals surface area contributed by atoms with E-state index >= 15 is 0 Å². The third-order valence-corrected chi connectivity index (χ3v) is 4.57. The van der Waals surface area contributed by atoms with Crippen LogP contribution in [0.1, 0.15) is 0 Å². The molecule has 4 rings (SSSR count). The summed E-state index contributed by atoms with van der Waals surface area (Å²) in [6.07, 6.45) is -0.426. The van der Waals surface area contributed by atoms with Gasteiger partial charge in [-0.1, -0.05) is 18.2 Å². The average molecular weight is 327 g/mol. The fraction of sp³-hybridized carbons (Fsp3) is 0.444. The Morgan fingerprint density at radius 1 is 1.04 bits per heavy atom. The molecular formula is C18H21N3O3. The zero-order valence-electron chi connectivity index (χ0n) is 13.6. The Hall–Kier alpha value is -2.18. The minimum atomic E-state index is -0.426. The summed E-state index contributed by atoms with van der Waals surface area (Å²) < 4.78 is 11.0. The van der Waals surface area contributed by atoms with Crippen LogP contribution in [0.15, 0.2) is 36.4 Å². The number of hydrogen-bond acceptors (Lipinski definition) is 5. The predicted octanol–water partition coefficient (Wildman–Crippen LogP) is 1.30. The fourth-order valence-electron chi connectivity index (χ4n) is 3.23. The number of pyridine rings is 1. The molecule has 0 aliphatic carbocycles. The lowest BCUT2D eigenvalue weighted by Crippen LogP contribution is -2.53. The SMILES string of the molecule is O=C(C1CN(c2ccc3ccccc3n2)CCO1)N1CCOCC1. The molecule has 0 radical (unpaired) electrons. The van der Waals surface area contributed by atoms with Crippen molar-refractivity contribution < 1.29 is 14.3 Å². The van der Waals surface area contributed by atoms with Gasteiger partial charge in [-0.15, -0.1) is 0 Å². The molecule has 1 aromatic heterocycles. The van der Waals surface area contributed by atoms with E-state index in [-0.39, 0.29) is 5.91 Å². The minimum Gasteiger partial charge on any atom is -0.378 e. The summed E-state index contributed by atoms with van der Waals surface area (Å²) in [4.78, 5) is 21.3. The van der Waals surface area contributed by atoms with Gasteiger partial charge >= 0.3 is 0 Å². The van der Waals surface area contributed by atoms with Crippen molar-refractivity contribution in [1.29, 1.82) is 0 Å². The maximum Gasteiger partial charge on any atom is 0.253 e. The second-order valence-corrected chi connectivity index (χ2v) is 6.11. The Bertz CT molecular complexity index is 730. The van der Waals surface area contributed by atoms with Crippen LogP contribution in [0.5, 0.6) is 0 Å². The minimum absolute atomic E-state index is 0.0591. The van der Waals surface area contributed by atoms with Gasteiger partial charge in [0.05, 0.1) is 31.9 Å². The molecular weight excluding hydrogens is 306 g/mol. The number of ether oxygens (including phenoxy) is 2. The van der Waals surface area contributed by atoms with Gasteiger partial charge in [-0.3, -0.25) is 4.79 Å². The number of rotatable bonds is 2. The number of nitrogens with zero attached hydrogens (tertiary/aromatic N) is 3. The van der Waals surface area contributed by atoms with E-state index in [2.05, 4.69) is 17.0 Å². The van der Waals surface area contributed by atoms with Crippen LogP contribution in [0.3, 0.4) is 0 Å². The molecule has 1 unspecified atom stereocenters. The predicted molar refractivity (Wildman–Crippen MR) is 91.1 cm³/mol. The van der Waals surface area contributed by atoms with Crippen molar-refractivity contribution in [2.24, 2.45) is 0 Å². The van der Waals surface area contributed by atoms with Gasteiger partial charge in [0, 0.05) is 25.0 Å². The monoisotopic (exact) mass is 327 g/mol. The Labute approximate surface area is 141 Å². The van der Waals surface area contributed by atoms with E-state index in [0.29, 0.717) is 39.5 Å². The van der Waals surface area contributed by atoms with Crippen molar-refractivity contribution in [2.45, 2.75) is 6.10 Å². The molecule has 0 N–H and O–H groups in total. The number of morpholine rings is 2. The number of carbonyl (C=O) groups excluding carboxylic acids is 1. The summed E-state index contributed by atoms with van der Waals surface area (Å²) >= 11 is 0. The largest absolute Gasteiger partial charge is 0.378 e. The van der Waals surface area contributed by atoms with E-state index in [0.717, 1.165) is 23.3 Å². The molecule has 6 nitrogen and oxygen atoms in total. The first-order chi connectivity index (χ1) is 11.8. The fourth-order valence-corrected chi connectivity index (χ4v) is 3.23. The van der Waals surface area contributed by atoms with E-state index < -0.39 is 6.10 Å². The normalized spacial score (nSPS) is 21.9. The molecule has 2 aliphatic rings. The summed E-state index contributed by atoms with van der Waals surface area (Å²) in [5, 5.41) is 1.12. The van der Waals surface area contributed by atoms with Gasteiger partial charge in [-0.2, -0.15) is 0 Å². The highest BCUT2D eigenvalue weighted by molar-refractivity contribution is 5.83. The van der Waals surface area contributed by atoms with Crippen LogP contribution in [-0.4, -0.2) is 67.9 Å². The number of fused-ring (bicyclic) bond motifs is 1. The number of amides is 1. The van der Waals surface area contributed by atoms with Crippen LogP contribution < -0.4 is 4.90 Å². The third kappa shape index (κ3) is 3.07. The van der Waals surface area contributed by atoms with Gasteiger partial charge in [0.25, 0.3) is 5.91 Å². The first-order valence-corrected chi connectivity index (χ1v) is 8.40. The maximum atomic E-state index is 12.6. The van der Waals surface area contributed by atoms with Crippen LogP contribution in [0.4, 0.5) is 5.82 Å². The van der Waals surface area contributed by atoms with Gasteiger partial charge < -0.3 is 19.3 Å². The molecule has 1 aromatic carbocycles. The molecule has 0 spiro atoms. The second-order valence-electron chi connectivity index (χ2n) is 6.11. The molecule has 1 atom stereocenters. The van der Waals surface area contributed by atoms with Crippen molar-refractivity contribution in [2.75, 3.05) is 50.9 Å². The first kappa shape index (κ1) is 15.4. The van der Waals surface area contributed by atoms with Crippen molar-refractivity contribution >= 4 is 22.6 Å². The zero-order chi connectivity index (χ0) is 16.4. The molecule has 2 aliphatic heterocycles. The summed E-state index contributed by atoms with van der Waals surface area (Å²) in [5.74, 6) is 0.959. The Kier molecular flexibility index (Phi) is 4.32. The standard InChI is InChI=1S/C18H21N3O3/c22-18(20-7-10-23-11-8-20)16-13-21(9-12-24-16)17-6-5-14-3-1-2-4-15(14)19-17/h1-6,16H,7-13H2. The van der Waals surface area contributed by atoms with Crippen LogP contribution in [0, 0.1) is 0 Å². The molecule has 24 heavy (non-hydrogen) atoms. The van der Waals surface area contributed by atoms with E-state index in [1.807, 2.05) is 29.2 Å². The van der Waals surface area contributed by atoms with E-state index in [4.69, 9.17) is 14.5 Å². The van der Waals surface area contributed by atoms with Crippen molar-refractivity contribution in [1.82, 2.24) is 9.88 Å². The van der Waals surface area contributed by atoms with Crippen molar-refractivity contribution in [3.05, 3.63) is 36.4 Å². The third-order valence-electron chi connectivity index (χ3n) is 4.57.